The first-order valence-corrected chi connectivity index (χ1v) is 7.82. The van der Waals surface area contributed by atoms with E-state index in [-0.39, 0.29) is 18.4 Å². The Morgan fingerprint density at radius 2 is 2.00 bits per heavy atom. The van der Waals surface area contributed by atoms with Crippen molar-refractivity contribution < 1.29 is 13.9 Å². The van der Waals surface area contributed by atoms with Crippen LogP contribution in [0.2, 0.25) is 0 Å². The largest absolute Gasteiger partial charge is 0.493 e. The molecule has 0 aliphatic heterocycles. The average Bonchev–Trinajstić information content (AvgIpc) is 2.94. The predicted molar refractivity (Wildman–Crippen MR) is 85.9 cm³/mol. The molecule has 6 heteroatoms. The van der Waals surface area contributed by atoms with E-state index in [1.165, 1.54) is 0 Å². The summed E-state index contributed by atoms with van der Waals surface area (Å²) in [5, 5.41) is 10.8. The zero-order valence-electron chi connectivity index (χ0n) is 13.8. The maximum Gasteiger partial charge on any atom is 0.238 e. The minimum Gasteiger partial charge on any atom is -0.493 e. The van der Waals surface area contributed by atoms with Gasteiger partial charge in [0.25, 0.3) is 0 Å². The highest BCUT2D eigenvalue weighted by molar-refractivity contribution is 5.76. The lowest BCUT2D eigenvalue weighted by Gasteiger charge is -2.17. The normalized spacial score (nSPS) is 12.2. The van der Waals surface area contributed by atoms with Crippen molar-refractivity contribution in [1.82, 2.24) is 15.5 Å². The molecule has 0 bridgehead atoms. The number of carbonyl (C=O) groups is 1. The van der Waals surface area contributed by atoms with Gasteiger partial charge in [0.1, 0.15) is 11.8 Å². The van der Waals surface area contributed by atoms with E-state index in [9.17, 15) is 4.79 Å². The number of carbonyl (C=O) groups excluding carboxylic acids is 1. The third-order valence-corrected chi connectivity index (χ3v) is 3.22. The Morgan fingerprint density at radius 3 is 2.61 bits per heavy atom. The van der Waals surface area contributed by atoms with Crippen molar-refractivity contribution in [3.8, 4) is 5.75 Å². The molecule has 1 N–H and O–H groups in total. The van der Waals surface area contributed by atoms with E-state index in [0.717, 1.165) is 12.2 Å². The number of hydrogen-bond donors (Lipinski definition) is 1. The van der Waals surface area contributed by atoms with Gasteiger partial charge in [0.05, 0.1) is 13.0 Å². The first kappa shape index (κ1) is 17.0. The number of nitrogens with zero attached hydrogens (tertiary/aromatic N) is 2. The molecule has 6 nitrogen and oxygen atoms in total. The van der Waals surface area contributed by atoms with Gasteiger partial charge in [0, 0.05) is 6.92 Å². The van der Waals surface area contributed by atoms with E-state index in [1.54, 1.807) is 6.92 Å². The fourth-order valence-corrected chi connectivity index (χ4v) is 2.19. The highest BCUT2D eigenvalue weighted by atomic mass is 16.5. The van der Waals surface area contributed by atoms with Crippen LogP contribution in [0.1, 0.15) is 44.5 Å². The zero-order valence-corrected chi connectivity index (χ0v) is 13.8. The number of amides is 1. The monoisotopic (exact) mass is 317 g/mol. The zero-order chi connectivity index (χ0) is 16.7. The second kappa shape index (κ2) is 8.31. The lowest BCUT2D eigenvalue weighted by atomic mass is 10.0. The van der Waals surface area contributed by atoms with Gasteiger partial charge in [-0.3, -0.25) is 4.79 Å². The van der Waals surface area contributed by atoms with Crippen LogP contribution >= 0.6 is 0 Å². The van der Waals surface area contributed by atoms with Crippen LogP contribution in [0.25, 0.3) is 0 Å². The van der Waals surface area contributed by atoms with E-state index < -0.39 is 0 Å². The molecule has 1 amide bonds. The van der Waals surface area contributed by atoms with Crippen LogP contribution in [-0.2, 0) is 4.79 Å². The summed E-state index contributed by atoms with van der Waals surface area (Å²) >= 11 is 0. The molecular weight excluding hydrogens is 294 g/mol. The molecule has 1 atom stereocenters. The number of nitrogens with one attached hydrogen (secondary N) is 1. The summed E-state index contributed by atoms with van der Waals surface area (Å²) in [5.74, 6) is 2.01. The van der Waals surface area contributed by atoms with Crippen molar-refractivity contribution in [2.24, 2.45) is 5.92 Å². The summed E-state index contributed by atoms with van der Waals surface area (Å²) in [6.45, 7) is 6.23. The summed E-state index contributed by atoms with van der Waals surface area (Å²) in [7, 11) is 0. The molecule has 0 saturated heterocycles. The van der Waals surface area contributed by atoms with Crippen molar-refractivity contribution in [1.29, 1.82) is 0 Å². The highest BCUT2D eigenvalue weighted by Gasteiger charge is 2.21. The van der Waals surface area contributed by atoms with Crippen LogP contribution in [0.15, 0.2) is 34.7 Å². The number of benzene rings is 1. The van der Waals surface area contributed by atoms with Gasteiger partial charge < -0.3 is 14.5 Å². The molecule has 0 aliphatic rings. The molecule has 0 spiro atoms. The standard InChI is InChI=1S/C17H23N3O3/c1-12(2)11-15(17-20-19-13(3)23-17)18-16(21)9-10-22-14-7-5-4-6-8-14/h4-8,12,15H,9-11H2,1-3H3,(H,18,21). The third-order valence-electron chi connectivity index (χ3n) is 3.22. The summed E-state index contributed by atoms with van der Waals surface area (Å²) in [4.78, 5) is 12.1. The maximum atomic E-state index is 12.1. The molecule has 0 aliphatic carbocycles. The highest BCUT2D eigenvalue weighted by Crippen LogP contribution is 2.20. The van der Waals surface area contributed by atoms with Crippen LogP contribution in [-0.4, -0.2) is 22.7 Å². The van der Waals surface area contributed by atoms with Crippen LogP contribution in [0.4, 0.5) is 0 Å². The van der Waals surface area contributed by atoms with Crippen molar-refractivity contribution in [3.63, 3.8) is 0 Å². The van der Waals surface area contributed by atoms with E-state index in [4.69, 9.17) is 9.15 Å². The SMILES string of the molecule is Cc1nnc(C(CC(C)C)NC(=O)CCOc2ccccc2)o1. The number of para-hydroxylation sites is 1. The molecule has 1 aromatic carbocycles. The number of aryl methyl sites for hydroxylation is 1. The Kier molecular flexibility index (Phi) is 6.14. The predicted octanol–water partition coefficient (Wildman–Crippen LogP) is 3.05. The van der Waals surface area contributed by atoms with Crippen LogP contribution in [0.5, 0.6) is 5.75 Å². The number of rotatable bonds is 8. The van der Waals surface area contributed by atoms with Gasteiger partial charge in [-0.1, -0.05) is 32.0 Å². The number of aromatic nitrogens is 2. The molecule has 0 radical (unpaired) electrons. The second-order valence-corrected chi connectivity index (χ2v) is 5.82. The molecule has 23 heavy (non-hydrogen) atoms. The smallest absolute Gasteiger partial charge is 0.238 e. The molecular formula is C17H23N3O3. The van der Waals surface area contributed by atoms with Gasteiger partial charge >= 0.3 is 0 Å². The lowest BCUT2D eigenvalue weighted by Crippen LogP contribution is -2.30. The number of hydrogen-bond acceptors (Lipinski definition) is 5. The summed E-state index contributed by atoms with van der Waals surface area (Å²) in [6, 6.07) is 9.17. The van der Waals surface area contributed by atoms with E-state index >= 15 is 0 Å². The first-order valence-electron chi connectivity index (χ1n) is 7.82. The second-order valence-electron chi connectivity index (χ2n) is 5.82. The Balaban J connectivity index is 1.85. The van der Waals surface area contributed by atoms with Gasteiger partial charge in [-0.25, -0.2) is 0 Å². The van der Waals surface area contributed by atoms with Gasteiger partial charge in [-0.15, -0.1) is 10.2 Å². The molecule has 1 aromatic heterocycles. The minimum absolute atomic E-state index is 0.0950. The van der Waals surface area contributed by atoms with Crippen molar-refractivity contribution in [3.05, 3.63) is 42.1 Å². The maximum absolute atomic E-state index is 12.1. The lowest BCUT2D eigenvalue weighted by molar-refractivity contribution is -0.122. The molecule has 124 valence electrons. The molecule has 2 rings (SSSR count). The van der Waals surface area contributed by atoms with Gasteiger partial charge in [-0.05, 0) is 24.5 Å². The molecule has 0 fully saturated rings. The topological polar surface area (TPSA) is 77.2 Å². The Morgan fingerprint density at radius 1 is 1.26 bits per heavy atom. The quantitative estimate of drug-likeness (QED) is 0.809. The van der Waals surface area contributed by atoms with Gasteiger partial charge in [0.15, 0.2) is 0 Å². The Labute approximate surface area is 136 Å². The fraction of sp³-hybridized carbons (Fsp3) is 0.471. The van der Waals surface area contributed by atoms with Crippen molar-refractivity contribution >= 4 is 5.91 Å². The van der Waals surface area contributed by atoms with Crippen LogP contribution in [0.3, 0.4) is 0 Å². The fourth-order valence-electron chi connectivity index (χ4n) is 2.19. The molecule has 0 saturated carbocycles. The minimum atomic E-state index is -0.263. The molecule has 1 unspecified atom stereocenters. The van der Waals surface area contributed by atoms with Crippen LogP contribution < -0.4 is 10.1 Å². The third kappa shape index (κ3) is 5.73. The first-order chi connectivity index (χ1) is 11.0. The Hall–Kier alpha value is -2.37. The van der Waals surface area contributed by atoms with Crippen molar-refractivity contribution in [2.45, 2.75) is 39.7 Å². The van der Waals surface area contributed by atoms with Crippen LogP contribution in [0, 0.1) is 12.8 Å². The Bertz CT molecular complexity index is 611. The van der Waals surface area contributed by atoms with E-state index in [0.29, 0.717) is 24.3 Å². The van der Waals surface area contributed by atoms with E-state index in [2.05, 4.69) is 29.4 Å². The average molecular weight is 317 g/mol. The van der Waals surface area contributed by atoms with E-state index in [1.807, 2.05) is 30.3 Å². The van der Waals surface area contributed by atoms with Gasteiger partial charge in [-0.2, -0.15) is 0 Å². The van der Waals surface area contributed by atoms with Gasteiger partial charge in [0.2, 0.25) is 17.7 Å². The molecule has 2 aromatic rings. The summed E-state index contributed by atoms with van der Waals surface area (Å²) in [6.07, 6.45) is 1.02. The number of ether oxygens (including phenoxy) is 1. The molecule has 1 heterocycles. The summed E-state index contributed by atoms with van der Waals surface area (Å²) < 4.78 is 11.0. The van der Waals surface area contributed by atoms with Crippen molar-refractivity contribution in [2.75, 3.05) is 6.61 Å². The summed E-state index contributed by atoms with van der Waals surface area (Å²) in [5.41, 5.74) is 0.